The molecular formula is C58H68Cl2F2N6O7. The third-order valence-corrected chi connectivity index (χ3v) is 12.8. The number of nitrogens with two attached hydrogens (primary N) is 1. The van der Waals surface area contributed by atoms with Crippen molar-refractivity contribution in [2.75, 3.05) is 31.7 Å². The maximum Gasteiger partial charge on any atom is 0.417 e. The van der Waals surface area contributed by atoms with Crippen molar-refractivity contribution >= 4 is 40.8 Å². The monoisotopic (exact) mass is 1070 g/mol. The molecule has 0 radical (unpaired) electrons. The fraction of sp³-hybridized carbons (Fsp3) is 0.345. The average Bonchev–Trinajstić information content (AvgIpc) is 4.03. The molecule has 2 heterocycles. The van der Waals surface area contributed by atoms with E-state index in [-0.39, 0.29) is 59.5 Å². The summed E-state index contributed by atoms with van der Waals surface area (Å²) in [5, 5.41) is 50.9. The molecule has 400 valence electrons. The number of hydrogen-bond donors (Lipinski definition) is 6. The van der Waals surface area contributed by atoms with Crippen LogP contribution in [0, 0.1) is 11.6 Å². The summed E-state index contributed by atoms with van der Waals surface area (Å²) in [5.74, 6) is -0.816. The van der Waals surface area contributed by atoms with Gasteiger partial charge < -0.3 is 30.9 Å². The van der Waals surface area contributed by atoms with Crippen LogP contribution in [-0.2, 0) is 45.8 Å². The fourth-order valence-corrected chi connectivity index (χ4v) is 7.93. The van der Waals surface area contributed by atoms with Crippen molar-refractivity contribution in [2.24, 2.45) is 5.73 Å². The second kappa shape index (κ2) is 26.0. The largest absolute Gasteiger partial charge is 0.417 e. The van der Waals surface area contributed by atoms with Crippen LogP contribution >= 0.6 is 23.2 Å². The summed E-state index contributed by atoms with van der Waals surface area (Å²) in [6, 6.07) is 36.1. The number of amides is 1. The van der Waals surface area contributed by atoms with Crippen LogP contribution in [0.5, 0.6) is 5.75 Å². The molecule has 0 fully saturated rings. The third kappa shape index (κ3) is 16.1. The van der Waals surface area contributed by atoms with E-state index in [1.807, 2.05) is 57.9 Å². The topological polar surface area (TPSA) is 198 Å². The van der Waals surface area contributed by atoms with Crippen molar-refractivity contribution in [1.82, 2.24) is 19.6 Å². The number of hydrogen-bond acceptors (Lipinski definition) is 10. The molecule has 0 atom stereocenters. The molecule has 0 saturated heterocycles. The number of aliphatic hydroxyl groups excluding tert-OH is 4. The van der Waals surface area contributed by atoms with E-state index in [9.17, 15) is 38.8 Å². The number of ether oxygens (including phenoxy) is 1. The maximum atomic E-state index is 14.7. The number of benzene rings is 5. The van der Waals surface area contributed by atoms with Gasteiger partial charge in [-0.2, -0.15) is 10.2 Å². The Labute approximate surface area is 447 Å². The van der Waals surface area contributed by atoms with Gasteiger partial charge in [0.15, 0.2) is 0 Å². The molecule has 13 nitrogen and oxygen atoms in total. The number of carbonyl (C=O) groups excluding carboxylic acids is 2. The highest BCUT2D eigenvalue weighted by molar-refractivity contribution is 6.31. The quantitative estimate of drug-likeness (QED) is 0.0541. The van der Waals surface area contributed by atoms with Crippen LogP contribution in [0.2, 0.25) is 10.0 Å². The van der Waals surface area contributed by atoms with E-state index < -0.39 is 41.8 Å². The summed E-state index contributed by atoms with van der Waals surface area (Å²) in [7, 11) is 0. The molecule has 7 rings (SSSR count). The summed E-state index contributed by atoms with van der Waals surface area (Å²) in [4.78, 5) is 24.5. The first-order valence-electron chi connectivity index (χ1n) is 24.4. The molecule has 17 heteroatoms. The normalized spacial score (nSPS) is 11.8. The second-order valence-electron chi connectivity index (χ2n) is 20.8. The minimum Gasteiger partial charge on any atom is -0.410 e. The van der Waals surface area contributed by atoms with Gasteiger partial charge in [0, 0.05) is 62.5 Å². The first-order valence-corrected chi connectivity index (χ1v) is 25.1. The van der Waals surface area contributed by atoms with E-state index >= 15 is 0 Å². The van der Waals surface area contributed by atoms with E-state index in [0.717, 1.165) is 40.2 Å². The Morgan fingerprint density at radius 3 is 1.55 bits per heavy atom. The fourth-order valence-electron chi connectivity index (χ4n) is 7.56. The van der Waals surface area contributed by atoms with Crippen LogP contribution in [0.4, 0.5) is 19.3 Å². The predicted octanol–water partition coefficient (Wildman–Crippen LogP) is 10.9. The van der Waals surface area contributed by atoms with Crippen molar-refractivity contribution in [3.05, 3.63) is 189 Å². The number of ketones is 1. The zero-order valence-corrected chi connectivity index (χ0v) is 45.2. The van der Waals surface area contributed by atoms with Gasteiger partial charge in [0.2, 0.25) is 0 Å². The zero-order chi connectivity index (χ0) is 55.3. The second-order valence-corrected chi connectivity index (χ2v) is 21.7. The van der Waals surface area contributed by atoms with E-state index in [2.05, 4.69) is 58.0 Å². The van der Waals surface area contributed by atoms with Crippen molar-refractivity contribution < 1.29 is 43.5 Å². The molecule has 5 aromatic carbocycles. The number of carbonyl (C=O) groups is 2. The average molecular weight is 1070 g/mol. The van der Waals surface area contributed by atoms with Crippen LogP contribution in [0.25, 0.3) is 11.4 Å². The van der Waals surface area contributed by atoms with E-state index in [0.29, 0.717) is 34.3 Å². The smallest absolute Gasteiger partial charge is 0.410 e. The molecule has 0 aliphatic rings. The number of anilines is 1. The van der Waals surface area contributed by atoms with E-state index in [1.165, 1.54) is 24.3 Å². The number of aliphatic hydroxyl groups is 4. The van der Waals surface area contributed by atoms with Gasteiger partial charge in [-0.3, -0.25) is 10.1 Å². The summed E-state index contributed by atoms with van der Waals surface area (Å²) in [6.07, 6.45) is 0.131. The van der Waals surface area contributed by atoms with Gasteiger partial charge in [-0.15, -0.1) is 0 Å². The first-order chi connectivity index (χ1) is 35.4. The molecule has 0 unspecified atom stereocenters. The highest BCUT2D eigenvalue weighted by atomic mass is 35.5. The Kier molecular flexibility index (Phi) is 20.6. The minimum absolute atomic E-state index is 0.00768. The number of nitrogens with one attached hydrogen (secondary N) is 1. The molecule has 2 aromatic heterocycles. The Morgan fingerprint density at radius 2 is 1.09 bits per heavy atom. The summed E-state index contributed by atoms with van der Waals surface area (Å²) >= 11 is 12.2. The van der Waals surface area contributed by atoms with Crippen LogP contribution in [0.3, 0.4) is 0 Å². The highest BCUT2D eigenvalue weighted by Crippen LogP contribution is 2.30. The van der Waals surface area contributed by atoms with Gasteiger partial charge in [-0.25, -0.2) is 22.9 Å². The lowest BCUT2D eigenvalue weighted by atomic mass is 9.83. The molecule has 7 N–H and O–H groups in total. The van der Waals surface area contributed by atoms with Crippen LogP contribution < -0.4 is 15.8 Å². The SMILES string of the molecule is CC(C)(C)c1cc(CCC(=O)Cc2ccc(C(C)(CO)CO)c(F)c2)n(-c2cccc(Cl)c2)n1.CC(C)(C)c1cc(CN)n(-c2cccc(Cl)c2)n1.CC(CO)(CO)c1ccc(NC(=O)Oc2ccccc2)cc1F. The lowest BCUT2D eigenvalue weighted by molar-refractivity contribution is -0.118. The molecule has 0 saturated carbocycles. The molecule has 0 aliphatic carbocycles. The number of rotatable bonds is 16. The van der Waals surface area contributed by atoms with Gasteiger partial charge in [-0.05, 0) is 102 Å². The molecule has 7 aromatic rings. The Hall–Kier alpha value is -6.30. The van der Waals surface area contributed by atoms with Gasteiger partial charge in [-0.1, -0.05) is 127 Å². The van der Waals surface area contributed by atoms with Crippen molar-refractivity contribution in [1.29, 1.82) is 0 Å². The predicted molar refractivity (Wildman–Crippen MR) is 291 cm³/mol. The Balaban J connectivity index is 0.000000220. The number of halogens is 4. The lowest BCUT2D eigenvalue weighted by Gasteiger charge is -2.25. The standard InChI is InChI=1S/C27H32ClFN2O3.C17H18FNO4.C14H18ClN3/c1-26(2,3)25-15-21(31(30-25)20-7-5-6-19(28)14-20)9-10-22(34)12-18-8-11-23(24(29)13-18)27(4,16-32)17-33;1-17(10-20,11-21)14-8-7-12(9-15(14)18)19-16(22)23-13-5-3-2-4-6-13;1-14(2,3)13-8-12(9-16)18(17-13)11-6-4-5-10(15)7-11/h5-8,11,13-15,32-33H,9-10,12,16-17H2,1-4H3;2-9,20-21H,10-11H2,1H3,(H,19,22);4-8H,9,16H2,1-3H3. The van der Waals surface area contributed by atoms with Gasteiger partial charge in [0.25, 0.3) is 0 Å². The number of aryl methyl sites for hydroxylation is 1. The molecule has 1 amide bonds. The third-order valence-electron chi connectivity index (χ3n) is 12.4. The van der Waals surface area contributed by atoms with E-state index in [4.69, 9.17) is 38.8 Å². The molecule has 0 aliphatic heterocycles. The highest BCUT2D eigenvalue weighted by Gasteiger charge is 2.30. The Bertz CT molecular complexity index is 3010. The van der Waals surface area contributed by atoms with Crippen LogP contribution in [0.15, 0.2) is 127 Å². The Morgan fingerprint density at radius 1 is 0.613 bits per heavy atom. The zero-order valence-electron chi connectivity index (χ0n) is 43.7. The van der Waals surface area contributed by atoms with Crippen molar-refractivity contribution in [2.45, 2.75) is 103 Å². The number of para-hydroxylation sites is 1. The minimum atomic E-state index is -1.09. The van der Waals surface area contributed by atoms with Crippen LogP contribution in [0.1, 0.15) is 101 Å². The maximum absolute atomic E-state index is 14.7. The first kappa shape index (κ1) is 59.6. The van der Waals surface area contributed by atoms with Crippen LogP contribution in [-0.4, -0.2) is 78.3 Å². The number of Topliss-reactive ketones (excluding diaryl/α,β-unsaturated/α-hetero) is 1. The number of aromatic nitrogens is 4. The molecule has 0 bridgehead atoms. The van der Waals surface area contributed by atoms with Crippen molar-refractivity contribution in [3.63, 3.8) is 0 Å². The molecular weight excluding hydrogens is 1000 g/mol. The summed E-state index contributed by atoms with van der Waals surface area (Å²) < 4.78 is 37.6. The van der Waals surface area contributed by atoms with Gasteiger partial charge in [0.1, 0.15) is 23.2 Å². The van der Waals surface area contributed by atoms with Gasteiger partial charge in [0.05, 0.1) is 54.9 Å². The van der Waals surface area contributed by atoms with E-state index in [1.54, 1.807) is 56.3 Å². The summed E-state index contributed by atoms with van der Waals surface area (Å²) in [6.45, 7) is 14.7. The van der Waals surface area contributed by atoms with Gasteiger partial charge >= 0.3 is 6.09 Å². The van der Waals surface area contributed by atoms with Crippen molar-refractivity contribution in [3.8, 4) is 17.1 Å². The molecule has 75 heavy (non-hydrogen) atoms. The number of nitrogens with zero attached hydrogens (tertiary/aromatic N) is 4. The lowest BCUT2D eigenvalue weighted by Crippen LogP contribution is -2.32. The summed E-state index contributed by atoms with van der Waals surface area (Å²) in [5.41, 5.74) is 10.3. The molecule has 0 spiro atoms.